The van der Waals surface area contributed by atoms with E-state index < -0.39 is 0 Å². The largest absolute Gasteiger partial charge is 0.393 e. The topological polar surface area (TPSA) is 90.7 Å². The van der Waals surface area contributed by atoms with Crippen molar-refractivity contribution in [1.82, 2.24) is 20.0 Å². The normalized spacial score (nSPS) is 20.9. The second-order valence-electron chi connectivity index (χ2n) is 7.96. The average molecular weight is 423 g/mol. The molecule has 2 fully saturated rings. The van der Waals surface area contributed by atoms with Crippen molar-refractivity contribution in [2.75, 3.05) is 24.5 Å². The minimum Gasteiger partial charge on any atom is -0.393 e. The van der Waals surface area contributed by atoms with E-state index in [0.717, 1.165) is 5.39 Å². The van der Waals surface area contributed by atoms with Crippen LogP contribution in [-0.2, 0) is 4.79 Å². The number of aliphatic hydroxyl groups excluding tert-OH is 1. The molecule has 2 aromatic carbocycles. The summed E-state index contributed by atoms with van der Waals surface area (Å²) in [7, 11) is 0. The summed E-state index contributed by atoms with van der Waals surface area (Å²) in [5, 5.41) is 17.3. The summed E-state index contributed by atoms with van der Waals surface area (Å²) in [6.07, 6.45) is 2.39. The second-order valence-corrected chi connectivity index (χ2v) is 7.96. The third kappa shape index (κ3) is 3.50. The molecule has 0 radical (unpaired) electrons. The number of nitrogens with one attached hydrogen (secondary N) is 1. The van der Waals surface area contributed by atoms with Crippen LogP contribution in [0.15, 0.2) is 48.7 Å². The van der Waals surface area contributed by atoms with Gasteiger partial charge in [-0.3, -0.25) is 9.69 Å². The first-order valence-corrected chi connectivity index (χ1v) is 10.3. The van der Waals surface area contributed by atoms with E-state index >= 15 is 0 Å². The number of rotatable bonds is 5. The van der Waals surface area contributed by atoms with Crippen molar-refractivity contribution in [2.45, 2.75) is 25.0 Å². The maximum atomic E-state index is 14.3. The molecule has 3 amide bonds. The van der Waals surface area contributed by atoms with Crippen molar-refractivity contribution < 1.29 is 19.1 Å². The van der Waals surface area contributed by atoms with Crippen LogP contribution < -0.4 is 10.2 Å². The van der Waals surface area contributed by atoms with Crippen molar-refractivity contribution in [2.24, 2.45) is 0 Å². The Hall–Kier alpha value is -3.46. The van der Waals surface area contributed by atoms with Gasteiger partial charge in [0.15, 0.2) is 0 Å². The minimum atomic E-state index is -0.383. The van der Waals surface area contributed by atoms with E-state index in [-0.39, 0.29) is 36.4 Å². The Balaban J connectivity index is 1.36. The Labute approximate surface area is 177 Å². The van der Waals surface area contributed by atoms with Crippen LogP contribution in [0.5, 0.6) is 0 Å². The van der Waals surface area contributed by atoms with Crippen molar-refractivity contribution in [1.29, 1.82) is 0 Å². The highest BCUT2D eigenvalue weighted by Crippen LogP contribution is 2.31. The van der Waals surface area contributed by atoms with Crippen molar-refractivity contribution in [3.63, 3.8) is 0 Å². The fourth-order valence-corrected chi connectivity index (χ4v) is 4.19. The average Bonchev–Trinajstić information content (AvgIpc) is 3.31. The van der Waals surface area contributed by atoms with Gasteiger partial charge in [0.2, 0.25) is 5.91 Å². The van der Waals surface area contributed by atoms with Crippen molar-refractivity contribution >= 4 is 28.5 Å². The fourth-order valence-electron chi connectivity index (χ4n) is 4.19. The number of anilines is 1. The smallest absolute Gasteiger partial charge is 0.325 e. The number of fused-ring (bicyclic) bond motifs is 1. The highest BCUT2D eigenvalue weighted by atomic mass is 19.1. The van der Waals surface area contributed by atoms with E-state index in [9.17, 15) is 19.1 Å². The van der Waals surface area contributed by atoms with Gasteiger partial charge in [-0.25, -0.2) is 13.9 Å². The second kappa shape index (κ2) is 7.66. The van der Waals surface area contributed by atoms with Gasteiger partial charge >= 0.3 is 6.03 Å². The van der Waals surface area contributed by atoms with E-state index in [1.165, 1.54) is 15.6 Å². The molecular weight excluding hydrogens is 401 g/mol. The van der Waals surface area contributed by atoms with Crippen LogP contribution in [0.1, 0.15) is 12.8 Å². The Morgan fingerprint density at radius 1 is 1.13 bits per heavy atom. The molecule has 2 aliphatic rings. The first kappa shape index (κ1) is 19.5. The predicted molar refractivity (Wildman–Crippen MR) is 113 cm³/mol. The number of aromatic nitrogens is 2. The summed E-state index contributed by atoms with van der Waals surface area (Å²) >= 11 is 0. The Kier molecular flexibility index (Phi) is 4.82. The zero-order valence-electron chi connectivity index (χ0n) is 16.7. The molecule has 1 aromatic heterocycles. The molecule has 3 aromatic rings. The molecule has 0 atom stereocenters. The summed E-state index contributed by atoms with van der Waals surface area (Å²) in [5.41, 5.74) is 1.70. The highest BCUT2D eigenvalue weighted by Gasteiger charge is 2.34. The summed E-state index contributed by atoms with van der Waals surface area (Å²) < 4.78 is 15.8. The lowest BCUT2D eigenvalue weighted by molar-refractivity contribution is -0.123. The number of urea groups is 1. The summed E-state index contributed by atoms with van der Waals surface area (Å²) in [4.78, 5) is 28.4. The number of amides is 3. The van der Waals surface area contributed by atoms with E-state index in [1.54, 1.807) is 35.4 Å². The van der Waals surface area contributed by atoms with Crippen LogP contribution in [0.4, 0.5) is 14.9 Å². The van der Waals surface area contributed by atoms with E-state index in [2.05, 4.69) is 10.4 Å². The van der Waals surface area contributed by atoms with Gasteiger partial charge in [-0.2, -0.15) is 5.10 Å². The molecule has 160 valence electrons. The van der Waals surface area contributed by atoms with E-state index in [4.69, 9.17) is 0 Å². The van der Waals surface area contributed by atoms with Gasteiger partial charge < -0.3 is 15.3 Å². The number of carbonyl (C=O) groups is 2. The van der Waals surface area contributed by atoms with Gasteiger partial charge in [-0.05, 0) is 37.1 Å². The number of para-hydroxylation sites is 1. The first-order chi connectivity index (χ1) is 15.0. The third-order valence-corrected chi connectivity index (χ3v) is 5.87. The predicted octanol–water partition coefficient (Wildman–Crippen LogP) is 2.05. The zero-order chi connectivity index (χ0) is 21.5. The molecule has 8 nitrogen and oxygen atoms in total. The molecule has 0 bridgehead atoms. The van der Waals surface area contributed by atoms with Gasteiger partial charge in [0.1, 0.15) is 18.0 Å². The van der Waals surface area contributed by atoms with Crippen LogP contribution in [0.25, 0.3) is 16.6 Å². The van der Waals surface area contributed by atoms with Gasteiger partial charge in [-0.15, -0.1) is 0 Å². The number of nitrogens with zero attached hydrogens (tertiary/aromatic N) is 4. The molecular formula is C22H22FN5O3. The third-order valence-electron chi connectivity index (χ3n) is 5.87. The van der Waals surface area contributed by atoms with Gasteiger partial charge in [0, 0.05) is 24.5 Å². The summed E-state index contributed by atoms with van der Waals surface area (Å²) in [5.74, 6) is -0.607. The van der Waals surface area contributed by atoms with Gasteiger partial charge in [-0.1, -0.05) is 18.2 Å². The molecule has 9 heteroatoms. The molecule has 1 aliphatic carbocycles. The Bertz CT molecular complexity index is 1160. The van der Waals surface area contributed by atoms with Gasteiger partial charge in [0.05, 0.1) is 23.5 Å². The number of hydrogen-bond donors (Lipinski definition) is 2. The highest BCUT2D eigenvalue weighted by molar-refractivity contribution is 6.04. The number of carbonyl (C=O) groups excluding carboxylic acids is 2. The van der Waals surface area contributed by atoms with Crippen LogP contribution in [0.2, 0.25) is 0 Å². The van der Waals surface area contributed by atoms with Crippen LogP contribution in [0, 0.1) is 5.82 Å². The summed E-state index contributed by atoms with van der Waals surface area (Å²) in [6.45, 7) is 0.849. The SMILES string of the molecule is O=C(CN1CCN(c2cccc3c2cnn3-c2ccccc2F)C1=O)NC1CC(O)C1. The van der Waals surface area contributed by atoms with E-state index in [0.29, 0.717) is 42.8 Å². The lowest BCUT2D eigenvalue weighted by Crippen LogP contribution is -2.50. The number of halogens is 1. The van der Waals surface area contributed by atoms with Gasteiger partial charge in [0.25, 0.3) is 0 Å². The van der Waals surface area contributed by atoms with Crippen LogP contribution in [-0.4, -0.2) is 63.5 Å². The molecule has 2 heterocycles. The quantitative estimate of drug-likeness (QED) is 0.657. The van der Waals surface area contributed by atoms with E-state index in [1.807, 2.05) is 12.1 Å². The number of benzene rings is 2. The molecule has 5 rings (SSSR count). The standard InChI is InChI=1S/C22H22FN5O3/c23-17-4-1-2-5-20(17)28-19-7-3-6-18(16(19)12-24-28)27-9-8-26(22(27)31)13-21(30)25-14-10-15(29)11-14/h1-7,12,14-15,29H,8-11,13H2,(H,25,30). The molecule has 0 spiro atoms. The molecule has 1 aliphatic heterocycles. The van der Waals surface area contributed by atoms with Crippen LogP contribution in [0.3, 0.4) is 0 Å². The molecule has 1 saturated heterocycles. The lowest BCUT2D eigenvalue weighted by Gasteiger charge is -2.32. The summed E-state index contributed by atoms with van der Waals surface area (Å²) in [6, 6.07) is 11.6. The molecule has 0 unspecified atom stereocenters. The van der Waals surface area contributed by atoms with Crippen LogP contribution >= 0.6 is 0 Å². The number of hydrogen-bond acceptors (Lipinski definition) is 4. The molecule has 1 saturated carbocycles. The van der Waals surface area contributed by atoms with Crippen molar-refractivity contribution in [3.8, 4) is 5.69 Å². The monoisotopic (exact) mass is 423 g/mol. The Morgan fingerprint density at radius 2 is 1.90 bits per heavy atom. The van der Waals surface area contributed by atoms with Crippen molar-refractivity contribution in [3.05, 3.63) is 54.5 Å². The fraction of sp³-hybridized carbons (Fsp3) is 0.318. The molecule has 31 heavy (non-hydrogen) atoms. The Morgan fingerprint density at radius 3 is 2.68 bits per heavy atom. The minimum absolute atomic E-state index is 0.0192. The molecule has 2 N–H and O–H groups in total. The number of aliphatic hydroxyl groups is 1. The maximum Gasteiger partial charge on any atom is 0.325 e. The maximum absolute atomic E-state index is 14.3. The first-order valence-electron chi connectivity index (χ1n) is 10.3. The zero-order valence-corrected chi connectivity index (χ0v) is 16.7. The lowest BCUT2D eigenvalue weighted by atomic mass is 9.89.